The molecule has 8 nitrogen and oxygen atoms in total. The number of ether oxygens (including phenoxy) is 1. The minimum Gasteiger partial charge on any atom is -0.366 e. The van der Waals surface area contributed by atoms with Crippen LogP contribution in [-0.4, -0.2) is 54.0 Å². The summed E-state index contributed by atoms with van der Waals surface area (Å²) < 4.78 is 61.2. The third-order valence-corrected chi connectivity index (χ3v) is 7.09. The molecule has 174 valence electrons. The Balaban J connectivity index is 1.50. The monoisotopic (exact) mass is 476 g/mol. The summed E-state index contributed by atoms with van der Waals surface area (Å²) in [5, 5.41) is 2.51. The molecule has 0 saturated carbocycles. The Morgan fingerprint density at radius 3 is 2.33 bits per heavy atom. The van der Waals surface area contributed by atoms with Gasteiger partial charge in [-0.15, -0.1) is 0 Å². The van der Waals surface area contributed by atoms with E-state index in [1.54, 1.807) is 19.2 Å². The molecule has 33 heavy (non-hydrogen) atoms. The number of sulfonamides is 1. The first kappa shape index (κ1) is 23.0. The van der Waals surface area contributed by atoms with Crippen LogP contribution in [0.25, 0.3) is 0 Å². The van der Waals surface area contributed by atoms with Gasteiger partial charge in [-0.1, -0.05) is 12.1 Å². The second-order valence-electron chi connectivity index (χ2n) is 7.76. The number of hydrogen-bond acceptors (Lipinski definition) is 5. The van der Waals surface area contributed by atoms with E-state index < -0.39 is 39.6 Å². The molecule has 1 aromatic heterocycles. The molecule has 2 heterocycles. The first-order valence-electron chi connectivity index (χ1n) is 10.1. The molecule has 2 atom stereocenters. The van der Waals surface area contributed by atoms with Crippen molar-refractivity contribution in [2.75, 3.05) is 25.0 Å². The summed E-state index contributed by atoms with van der Waals surface area (Å²) in [6.07, 6.45) is 2.16. The summed E-state index contributed by atoms with van der Waals surface area (Å²) in [5.41, 5.74) is 1.10. The van der Waals surface area contributed by atoms with Crippen LogP contribution in [0, 0.1) is 11.6 Å². The van der Waals surface area contributed by atoms with Crippen LogP contribution in [0.1, 0.15) is 11.5 Å². The van der Waals surface area contributed by atoms with Gasteiger partial charge in [-0.3, -0.25) is 4.79 Å². The molecule has 0 radical (unpaired) electrons. The molecule has 1 N–H and O–H groups in total. The van der Waals surface area contributed by atoms with Gasteiger partial charge in [0.15, 0.2) is 5.03 Å². The number of rotatable bonds is 7. The number of anilines is 1. The van der Waals surface area contributed by atoms with Crippen molar-refractivity contribution in [3.05, 3.63) is 78.3 Å². The van der Waals surface area contributed by atoms with Gasteiger partial charge >= 0.3 is 0 Å². The third kappa shape index (κ3) is 5.27. The van der Waals surface area contributed by atoms with Gasteiger partial charge in [-0.05, 0) is 42.0 Å². The second-order valence-corrected chi connectivity index (χ2v) is 9.65. The topological polar surface area (TPSA) is 93.5 Å². The molecule has 4 rings (SSSR count). The Hall–Kier alpha value is -3.15. The quantitative estimate of drug-likeness (QED) is 0.566. The van der Waals surface area contributed by atoms with E-state index >= 15 is 0 Å². The van der Waals surface area contributed by atoms with Crippen LogP contribution in [0.2, 0.25) is 0 Å². The first-order chi connectivity index (χ1) is 15.7. The second kappa shape index (κ2) is 9.38. The molecule has 1 saturated heterocycles. The SMILES string of the molecule is Cn1cnc(S(=O)(=O)N2C[C@@H](OCC(=O)Nc3ccc(F)cc3)[C@H](c3ccc(F)cc3)C2)c1. The van der Waals surface area contributed by atoms with Crippen molar-refractivity contribution in [1.29, 1.82) is 0 Å². The van der Waals surface area contributed by atoms with Crippen LogP contribution < -0.4 is 5.32 Å². The number of nitrogens with zero attached hydrogens (tertiary/aromatic N) is 3. The highest BCUT2D eigenvalue weighted by Crippen LogP contribution is 2.33. The highest BCUT2D eigenvalue weighted by Gasteiger charge is 2.41. The number of carbonyl (C=O) groups is 1. The Labute approximate surface area is 189 Å². The molecule has 1 aliphatic heterocycles. The molecule has 2 aromatic carbocycles. The predicted molar refractivity (Wildman–Crippen MR) is 116 cm³/mol. The normalized spacial score (nSPS) is 19.0. The predicted octanol–water partition coefficient (Wildman–Crippen LogP) is 2.51. The van der Waals surface area contributed by atoms with Gasteiger partial charge in [0.05, 0.1) is 12.4 Å². The van der Waals surface area contributed by atoms with E-state index in [4.69, 9.17) is 4.74 Å². The van der Waals surface area contributed by atoms with E-state index in [2.05, 4.69) is 10.3 Å². The molecule has 0 bridgehead atoms. The molecular weight excluding hydrogens is 454 g/mol. The Kier molecular flexibility index (Phi) is 6.54. The van der Waals surface area contributed by atoms with E-state index in [9.17, 15) is 22.0 Å². The van der Waals surface area contributed by atoms with Crippen molar-refractivity contribution >= 4 is 21.6 Å². The molecular formula is C22H22F2N4O4S. The third-order valence-electron chi connectivity index (χ3n) is 5.37. The molecule has 3 aromatic rings. The lowest BCUT2D eigenvalue weighted by atomic mass is 9.96. The summed E-state index contributed by atoms with van der Waals surface area (Å²) >= 11 is 0. The van der Waals surface area contributed by atoms with Gasteiger partial charge < -0.3 is 14.6 Å². The van der Waals surface area contributed by atoms with Crippen molar-refractivity contribution in [1.82, 2.24) is 13.9 Å². The fraction of sp³-hybridized carbons (Fsp3) is 0.273. The maximum absolute atomic E-state index is 13.4. The van der Waals surface area contributed by atoms with E-state index in [0.29, 0.717) is 11.3 Å². The standard InChI is InChI=1S/C22H22F2N4O4S/c1-27-12-22(25-14-27)33(30,31)28-10-19(15-2-4-16(23)5-3-15)20(11-28)32-13-21(29)26-18-8-6-17(24)7-9-18/h2-9,12,14,19-20H,10-11,13H2,1H3,(H,26,29)/t19-,20+/m0/s1. The van der Waals surface area contributed by atoms with E-state index in [-0.39, 0.29) is 24.7 Å². The highest BCUT2D eigenvalue weighted by molar-refractivity contribution is 7.89. The first-order valence-corrected chi connectivity index (χ1v) is 11.6. The van der Waals surface area contributed by atoms with Crippen LogP contribution in [0.4, 0.5) is 14.5 Å². The van der Waals surface area contributed by atoms with Gasteiger partial charge in [0.1, 0.15) is 18.2 Å². The van der Waals surface area contributed by atoms with Gasteiger partial charge in [0.25, 0.3) is 10.0 Å². The van der Waals surface area contributed by atoms with Crippen molar-refractivity contribution in [2.24, 2.45) is 7.05 Å². The van der Waals surface area contributed by atoms with E-state index in [1.165, 1.54) is 57.8 Å². The number of carbonyl (C=O) groups excluding carboxylic acids is 1. The maximum atomic E-state index is 13.4. The summed E-state index contributed by atoms with van der Waals surface area (Å²) in [6, 6.07) is 11.0. The summed E-state index contributed by atoms with van der Waals surface area (Å²) in [5.74, 6) is -1.72. The fourth-order valence-electron chi connectivity index (χ4n) is 3.70. The smallest absolute Gasteiger partial charge is 0.262 e. The van der Waals surface area contributed by atoms with Crippen LogP contribution >= 0.6 is 0 Å². The van der Waals surface area contributed by atoms with E-state index in [0.717, 1.165) is 0 Å². The summed E-state index contributed by atoms with van der Waals surface area (Å²) in [4.78, 5) is 16.3. The van der Waals surface area contributed by atoms with Gasteiger partial charge in [0.2, 0.25) is 5.91 Å². The number of imidazole rings is 1. The Morgan fingerprint density at radius 1 is 1.09 bits per heavy atom. The number of amides is 1. The summed E-state index contributed by atoms with van der Waals surface area (Å²) in [7, 11) is -2.21. The van der Waals surface area contributed by atoms with Crippen LogP contribution in [0.3, 0.4) is 0 Å². The Morgan fingerprint density at radius 2 is 1.73 bits per heavy atom. The fourth-order valence-corrected chi connectivity index (χ4v) is 5.15. The van der Waals surface area contributed by atoms with Crippen LogP contribution in [0.15, 0.2) is 66.1 Å². The minimum atomic E-state index is -3.88. The Bertz CT molecular complexity index is 1230. The summed E-state index contributed by atoms with van der Waals surface area (Å²) in [6.45, 7) is -0.239. The molecule has 1 aliphatic rings. The molecule has 1 fully saturated rings. The zero-order valence-corrected chi connectivity index (χ0v) is 18.5. The van der Waals surface area contributed by atoms with Crippen molar-refractivity contribution in [3.8, 4) is 0 Å². The number of hydrogen-bond donors (Lipinski definition) is 1. The lowest BCUT2D eigenvalue weighted by Gasteiger charge is -2.19. The largest absolute Gasteiger partial charge is 0.366 e. The molecule has 0 unspecified atom stereocenters. The minimum absolute atomic E-state index is 0.00474. The average molecular weight is 477 g/mol. The number of aryl methyl sites for hydroxylation is 1. The molecule has 1 amide bonds. The lowest BCUT2D eigenvalue weighted by molar-refractivity contribution is -0.122. The lowest BCUT2D eigenvalue weighted by Crippen LogP contribution is -2.31. The van der Waals surface area contributed by atoms with E-state index in [1.807, 2.05) is 0 Å². The van der Waals surface area contributed by atoms with Gasteiger partial charge in [-0.2, -0.15) is 4.31 Å². The average Bonchev–Trinajstić information content (AvgIpc) is 3.42. The van der Waals surface area contributed by atoms with Crippen molar-refractivity contribution < 1.29 is 26.7 Å². The maximum Gasteiger partial charge on any atom is 0.262 e. The van der Waals surface area contributed by atoms with Gasteiger partial charge in [-0.25, -0.2) is 22.2 Å². The molecule has 11 heteroatoms. The molecule has 0 aliphatic carbocycles. The van der Waals surface area contributed by atoms with Crippen LogP contribution in [0.5, 0.6) is 0 Å². The number of benzene rings is 2. The number of nitrogens with one attached hydrogen (secondary N) is 1. The highest BCUT2D eigenvalue weighted by atomic mass is 32.2. The number of halogens is 2. The zero-order chi connectivity index (χ0) is 23.6. The molecule has 0 spiro atoms. The van der Waals surface area contributed by atoms with Gasteiger partial charge in [0, 0.05) is 37.9 Å². The van der Waals surface area contributed by atoms with Crippen molar-refractivity contribution in [3.63, 3.8) is 0 Å². The van der Waals surface area contributed by atoms with Crippen molar-refractivity contribution in [2.45, 2.75) is 17.0 Å². The van der Waals surface area contributed by atoms with Crippen LogP contribution in [-0.2, 0) is 26.6 Å². The number of aromatic nitrogens is 2. The zero-order valence-electron chi connectivity index (χ0n) is 17.7.